The Kier molecular flexibility index (Phi) is 6.45. The number of benzene rings is 2. The first-order chi connectivity index (χ1) is 16.7. The number of sulfone groups is 1. The molecule has 3 aromatic rings. The first-order valence-electron chi connectivity index (χ1n) is 10.8. The molecule has 2 aromatic carbocycles. The topological polar surface area (TPSA) is 127 Å². The van der Waals surface area contributed by atoms with E-state index in [-0.39, 0.29) is 33.9 Å². The van der Waals surface area contributed by atoms with Crippen molar-refractivity contribution in [3.63, 3.8) is 0 Å². The molecular formula is C25H23N3O6S. The summed E-state index contributed by atoms with van der Waals surface area (Å²) in [6.45, 7) is 3.95. The number of hydrogen-bond acceptors (Lipinski definition) is 7. The van der Waals surface area contributed by atoms with Gasteiger partial charge in [-0.15, -0.1) is 0 Å². The molecule has 4 rings (SSSR count). The summed E-state index contributed by atoms with van der Waals surface area (Å²) in [5, 5.41) is 2.77. The number of fused-ring (bicyclic) bond motifs is 1. The van der Waals surface area contributed by atoms with E-state index < -0.39 is 20.3 Å². The molecule has 0 amide bonds. The molecule has 9 nitrogen and oxygen atoms in total. The minimum atomic E-state index is -4.10. The lowest BCUT2D eigenvalue weighted by Gasteiger charge is -2.22. The van der Waals surface area contributed by atoms with Crippen molar-refractivity contribution in [3.05, 3.63) is 86.2 Å². The second kappa shape index (κ2) is 9.34. The maximum absolute atomic E-state index is 13.1. The molecule has 0 aliphatic carbocycles. The van der Waals surface area contributed by atoms with Crippen molar-refractivity contribution >= 4 is 27.3 Å². The SMILES string of the molecule is CCn1[nH]c(=O)c(-c2ccc3c(c2C)C(NOC)=CC(=C=O)S3(=O)=O)c1CC(=O)c1ccccc1. The van der Waals surface area contributed by atoms with Crippen LogP contribution in [-0.2, 0) is 32.4 Å². The van der Waals surface area contributed by atoms with Crippen molar-refractivity contribution in [3.8, 4) is 11.1 Å². The van der Waals surface area contributed by atoms with Gasteiger partial charge < -0.3 is 0 Å². The molecule has 35 heavy (non-hydrogen) atoms. The van der Waals surface area contributed by atoms with Crippen molar-refractivity contribution in [2.24, 2.45) is 0 Å². The summed E-state index contributed by atoms with van der Waals surface area (Å²) >= 11 is 0. The average Bonchev–Trinajstić information content (AvgIpc) is 3.16. The van der Waals surface area contributed by atoms with Gasteiger partial charge in [0.2, 0.25) is 9.84 Å². The lowest BCUT2D eigenvalue weighted by Crippen LogP contribution is -2.21. The van der Waals surface area contributed by atoms with Crippen LogP contribution in [0.15, 0.2) is 63.1 Å². The fourth-order valence-corrected chi connectivity index (χ4v) is 5.71. The molecule has 0 fully saturated rings. The summed E-state index contributed by atoms with van der Waals surface area (Å²) < 4.78 is 27.5. The fraction of sp³-hybridized carbons (Fsp3) is 0.200. The van der Waals surface area contributed by atoms with Crippen LogP contribution in [0.2, 0.25) is 0 Å². The van der Waals surface area contributed by atoms with E-state index in [1.54, 1.807) is 35.9 Å². The van der Waals surface area contributed by atoms with Gasteiger partial charge in [0.25, 0.3) is 5.56 Å². The highest BCUT2D eigenvalue weighted by atomic mass is 32.2. The molecule has 0 radical (unpaired) electrons. The summed E-state index contributed by atoms with van der Waals surface area (Å²) in [7, 11) is -2.75. The van der Waals surface area contributed by atoms with E-state index in [0.29, 0.717) is 28.9 Å². The Balaban J connectivity index is 1.94. The summed E-state index contributed by atoms with van der Waals surface area (Å²) in [4.78, 5) is 41.8. The van der Waals surface area contributed by atoms with Gasteiger partial charge in [-0.2, -0.15) is 0 Å². The van der Waals surface area contributed by atoms with Gasteiger partial charge in [0, 0.05) is 17.7 Å². The van der Waals surface area contributed by atoms with Gasteiger partial charge in [-0.3, -0.25) is 29.7 Å². The highest BCUT2D eigenvalue weighted by Gasteiger charge is 2.33. The Labute approximate surface area is 201 Å². The lowest BCUT2D eigenvalue weighted by atomic mass is 9.93. The van der Waals surface area contributed by atoms with Crippen molar-refractivity contribution in [1.29, 1.82) is 0 Å². The third kappa shape index (κ3) is 4.08. The number of ketones is 1. The second-order valence-corrected chi connectivity index (χ2v) is 9.80. The van der Waals surface area contributed by atoms with Crippen LogP contribution in [0.3, 0.4) is 0 Å². The van der Waals surface area contributed by atoms with E-state index >= 15 is 0 Å². The summed E-state index contributed by atoms with van der Waals surface area (Å²) in [6, 6.07) is 11.6. The van der Waals surface area contributed by atoms with Crippen LogP contribution >= 0.6 is 0 Å². The molecule has 0 saturated heterocycles. The number of carbonyl (C=O) groups is 1. The van der Waals surface area contributed by atoms with Gasteiger partial charge in [-0.25, -0.2) is 13.2 Å². The van der Waals surface area contributed by atoms with Gasteiger partial charge in [0.15, 0.2) is 10.7 Å². The van der Waals surface area contributed by atoms with Crippen LogP contribution in [0, 0.1) is 6.92 Å². The van der Waals surface area contributed by atoms with E-state index in [2.05, 4.69) is 10.6 Å². The van der Waals surface area contributed by atoms with E-state index in [9.17, 15) is 22.8 Å². The molecular weight excluding hydrogens is 470 g/mol. The normalized spacial score (nSPS) is 14.1. The quantitative estimate of drug-likeness (QED) is 0.294. The van der Waals surface area contributed by atoms with E-state index in [1.165, 1.54) is 25.2 Å². The second-order valence-electron chi connectivity index (χ2n) is 7.92. The minimum Gasteiger partial charge on any atom is -0.294 e. The third-order valence-corrected chi connectivity index (χ3v) is 7.65. The number of aromatic amines is 1. The van der Waals surface area contributed by atoms with E-state index in [1.807, 2.05) is 13.0 Å². The van der Waals surface area contributed by atoms with Gasteiger partial charge in [-0.1, -0.05) is 36.4 Å². The molecule has 1 aliphatic rings. The predicted octanol–water partition coefficient (Wildman–Crippen LogP) is 2.59. The third-order valence-electron chi connectivity index (χ3n) is 5.95. The zero-order valence-corrected chi connectivity index (χ0v) is 20.2. The Morgan fingerprint density at radius 2 is 1.86 bits per heavy atom. The van der Waals surface area contributed by atoms with Crippen molar-refractivity contribution in [2.75, 3.05) is 7.11 Å². The van der Waals surface area contributed by atoms with Crippen LogP contribution in [0.4, 0.5) is 0 Å². The smallest absolute Gasteiger partial charge is 0.272 e. The van der Waals surface area contributed by atoms with E-state index in [0.717, 1.165) is 6.08 Å². The maximum atomic E-state index is 13.1. The van der Waals surface area contributed by atoms with Gasteiger partial charge in [0.1, 0.15) is 5.94 Å². The Bertz CT molecular complexity index is 1570. The molecule has 180 valence electrons. The van der Waals surface area contributed by atoms with Crippen molar-refractivity contribution < 1.29 is 22.8 Å². The Morgan fingerprint density at radius 3 is 2.49 bits per heavy atom. The fourth-order valence-electron chi connectivity index (χ4n) is 4.31. The number of hydrogen-bond donors (Lipinski definition) is 2. The highest BCUT2D eigenvalue weighted by Crippen LogP contribution is 2.39. The zero-order chi connectivity index (χ0) is 25.3. The van der Waals surface area contributed by atoms with Gasteiger partial charge in [-0.05, 0) is 37.1 Å². The number of Topliss-reactive ketones (excluding diaryl/α,β-unsaturated/α-hetero) is 1. The number of allylic oxidation sites excluding steroid dienone is 1. The molecule has 10 heteroatoms. The summed E-state index contributed by atoms with van der Waals surface area (Å²) in [6.07, 6.45) is 1.12. The summed E-state index contributed by atoms with van der Waals surface area (Å²) in [5.74, 6) is 1.31. The minimum absolute atomic E-state index is 0.0300. The van der Waals surface area contributed by atoms with Crippen LogP contribution in [-0.4, -0.2) is 37.0 Å². The number of rotatable bonds is 7. The lowest BCUT2D eigenvalue weighted by molar-refractivity contribution is 0.0990. The number of nitrogens with zero attached hydrogens (tertiary/aromatic N) is 1. The molecule has 2 N–H and O–H groups in total. The predicted molar refractivity (Wildman–Crippen MR) is 130 cm³/mol. The number of carbonyl (C=O) groups excluding carboxylic acids is 2. The first-order valence-corrected chi connectivity index (χ1v) is 12.3. The molecule has 0 bridgehead atoms. The number of aryl methyl sites for hydroxylation is 1. The molecule has 1 aromatic heterocycles. The standard InChI is InChI=1S/C25H23N3O6S/c1-4-28-20(13-21(30)16-8-6-5-7-9-16)24(25(31)26-28)18-10-11-22-23(15(18)2)19(27-34-3)12-17(14-29)35(22,32)33/h5-12,27H,4,13H2,1-3H3,(H,26,31). The number of H-pyrrole nitrogens is 1. The molecule has 0 unspecified atom stereocenters. The van der Waals surface area contributed by atoms with Gasteiger partial charge >= 0.3 is 0 Å². The molecule has 1 aliphatic heterocycles. The van der Waals surface area contributed by atoms with Crippen molar-refractivity contribution in [2.45, 2.75) is 31.7 Å². The molecule has 2 heterocycles. The average molecular weight is 494 g/mol. The number of nitrogens with one attached hydrogen (secondary N) is 2. The van der Waals surface area contributed by atoms with Crippen LogP contribution in [0.5, 0.6) is 0 Å². The zero-order valence-electron chi connectivity index (χ0n) is 19.3. The largest absolute Gasteiger partial charge is 0.294 e. The Morgan fingerprint density at radius 1 is 1.14 bits per heavy atom. The summed E-state index contributed by atoms with van der Waals surface area (Å²) in [5.41, 5.74) is 4.95. The van der Waals surface area contributed by atoms with Gasteiger partial charge in [0.05, 0.1) is 35.4 Å². The molecule has 0 spiro atoms. The Hall–Kier alpha value is -3.98. The van der Waals surface area contributed by atoms with Crippen LogP contribution < -0.4 is 11.0 Å². The number of hydroxylamine groups is 1. The van der Waals surface area contributed by atoms with Crippen molar-refractivity contribution in [1.82, 2.24) is 15.3 Å². The maximum Gasteiger partial charge on any atom is 0.272 e. The number of aromatic nitrogens is 2. The molecule has 0 saturated carbocycles. The van der Waals surface area contributed by atoms with E-state index in [4.69, 9.17) is 4.84 Å². The first kappa shape index (κ1) is 24.2. The van der Waals surface area contributed by atoms with Crippen LogP contribution in [0.25, 0.3) is 16.8 Å². The molecule has 0 atom stereocenters. The monoisotopic (exact) mass is 493 g/mol. The van der Waals surface area contributed by atoms with Crippen LogP contribution in [0.1, 0.15) is 34.1 Å². The highest BCUT2D eigenvalue weighted by molar-refractivity contribution is 7.96.